The Balaban J connectivity index is 1.14. The second-order valence-electron chi connectivity index (χ2n) is 26.7. The molecule has 4 aliphatic rings. The minimum atomic E-state index is -0.897. The van der Waals surface area contributed by atoms with Gasteiger partial charge >= 0.3 is 0 Å². The molecule has 1 atom stereocenters. The third kappa shape index (κ3) is 9.30. The largest absolute Gasteiger partial charge is 0.399 e. The van der Waals surface area contributed by atoms with Gasteiger partial charge in [0.15, 0.2) is 0 Å². The van der Waals surface area contributed by atoms with Crippen LogP contribution in [0.4, 0.5) is 39.8 Å². The van der Waals surface area contributed by atoms with Crippen LogP contribution >= 0.6 is 0 Å². The summed E-state index contributed by atoms with van der Waals surface area (Å²) in [5.74, 6) is -1.54. The third-order valence-electron chi connectivity index (χ3n) is 19.2. The van der Waals surface area contributed by atoms with E-state index in [0.717, 1.165) is 61.7 Å². The molecule has 2 heterocycles. The molecule has 3 nitrogen and oxygen atoms in total. The number of nitrogens with zero attached hydrogens (tertiary/aromatic N) is 2. The maximum absolute atomic E-state index is 10.1. The van der Waals surface area contributed by atoms with Crippen molar-refractivity contribution in [2.45, 2.75) is 77.0 Å². The van der Waals surface area contributed by atoms with E-state index in [9.17, 15) is 21.9 Å². The number of hydrogen-bond acceptors (Lipinski definition) is 3. The first kappa shape index (κ1) is 39.5. The predicted octanol–water partition coefficient (Wildman–Crippen LogP) is 23.6. The number of anilines is 7. The standard InChI is InChI=1S/C90H73N3/c1-89(2,3)66-51-74(56-26-11-7-12-27-56)87(75(52-66)57-28-13-8-14-29-57)92-79-45-42-63(72-41-25-37-64-47-62-36-21-22-38-69(62)83(64)72)48-78(79)85-73-44-43-68(91)55-80(73)93(88-76(58-30-15-9-16-31-58)53-67(90(4,5)6)54-77(88)59-32-17-10-18-33-59)82-50-65(49-81(92)86(82)85)84-70-39-23-19-34-60(70)46-61-35-20-24-40-71(61)84/h7-45,48-55,84-85H,46-47,91H2,1-6H3/i7D,9D,10D,11D,12D,13D,14D,15D,16D,17D,18D,26D,27D,28D,29D,30D,31D,32D,33D. The lowest BCUT2D eigenvalue weighted by molar-refractivity contribution is 0.590. The van der Waals surface area contributed by atoms with Crippen molar-refractivity contribution in [3.8, 4) is 66.8 Å². The molecular formula is C90H73N3. The van der Waals surface area contributed by atoms with Crippen molar-refractivity contribution in [3.05, 3.63) is 351 Å². The number of rotatable bonds is 8. The summed E-state index contributed by atoms with van der Waals surface area (Å²) in [6, 6.07) is 43.8. The summed E-state index contributed by atoms with van der Waals surface area (Å²) in [4.78, 5) is 3.86. The summed E-state index contributed by atoms with van der Waals surface area (Å²) < 4.78 is 183. The summed E-state index contributed by atoms with van der Waals surface area (Å²) in [5.41, 5.74) is 20.2. The van der Waals surface area contributed by atoms with Crippen LogP contribution in [0.3, 0.4) is 0 Å². The Morgan fingerprint density at radius 1 is 0.344 bits per heavy atom. The van der Waals surface area contributed by atoms with Crippen LogP contribution in [0.25, 0.3) is 66.8 Å². The van der Waals surface area contributed by atoms with E-state index >= 15 is 0 Å². The highest BCUT2D eigenvalue weighted by Gasteiger charge is 2.45. The lowest BCUT2D eigenvalue weighted by atomic mass is 9.71. The predicted molar refractivity (Wildman–Crippen MR) is 391 cm³/mol. The van der Waals surface area contributed by atoms with Crippen LogP contribution in [0.5, 0.6) is 0 Å². The van der Waals surface area contributed by atoms with Gasteiger partial charge in [0.25, 0.3) is 0 Å². The number of fused-ring (bicyclic) bond motifs is 9. The quantitative estimate of drug-likeness (QED) is 0.154. The number of benzene rings is 13. The van der Waals surface area contributed by atoms with Crippen LogP contribution < -0.4 is 15.5 Å². The van der Waals surface area contributed by atoms with E-state index in [0.29, 0.717) is 69.0 Å². The van der Waals surface area contributed by atoms with Crippen LogP contribution in [0.1, 0.15) is 146 Å². The van der Waals surface area contributed by atoms with Gasteiger partial charge in [0.2, 0.25) is 0 Å². The van der Waals surface area contributed by atoms with E-state index in [1.807, 2.05) is 118 Å². The molecule has 0 fully saturated rings. The Labute approximate surface area is 574 Å². The van der Waals surface area contributed by atoms with Crippen LogP contribution in [0, 0.1) is 0 Å². The minimum Gasteiger partial charge on any atom is -0.399 e. The number of hydrogen-bond donors (Lipinski definition) is 1. The molecule has 13 aromatic carbocycles. The zero-order valence-electron chi connectivity index (χ0n) is 71.2. The lowest BCUT2D eigenvalue weighted by Gasteiger charge is -2.47. The van der Waals surface area contributed by atoms with Crippen LogP contribution in [0.2, 0.25) is 0 Å². The molecule has 0 aromatic heterocycles. The molecule has 17 rings (SSSR count). The van der Waals surface area contributed by atoms with Crippen LogP contribution in [-0.4, -0.2) is 0 Å². The van der Waals surface area contributed by atoms with E-state index in [1.54, 1.807) is 30.3 Å². The summed E-state index contributed by atoms with van der Waals surface area (Å²) in [7, 11) is 0. The van der Waals surface area contributed by atoms with Crippen molar-refractivity contribution < 1.29 is 26.0 Å². The monoisotopic (exact) mass is 1210 g/mol. The summed E-state index contributed by atoms with van der Waals surface area (Å²) >= 11 is 0. The molecule has 0 saturated carbocycles. The SMILES string of the molecule is [2H]c1cc([2H])c([2H])c(-c2cc(C(C)(C)C)cc(-c3c([2H])c([2H])c([2H])c([2H])c3[2H])c2N2c3ccc(-c4cccc5c4-c4ccccc4C5)cc3C3c4ccc(N)cc4N(c4c(-c5c([2H])c([2H])c([2H])c([2H])c5[2H])cc(C(C)(C)C)cc4-c4c([2H])c([2H])c([2H])c([2H])c4[2H])c4cc(C5c6ccccc6Cc6ccccc65)cc2c43)c1[2H]. The maximum atomic E-state index is 10.1. The normalized spacial score (nSPS) is 17.2. The summed E-state index contributed by atoms with van der Waals surface area (Å²) in [6.45, 7) is 11.6. The van der Waals surface area contributed by atoms with E-state index in [1.165, 1.54) is 0 Å². The third-order valence-corrected chi connectivity index (χ3v) is 19.2. The zero-order chi connectivity index (χ0) is 79.4. The second kappa shape index (κ2) is 21.7. The first-order valence-electron chi connectivity index (χ1n) is 41.0. The highest BCUT2D eigenvalue weighted by Crippen LogP contribution is 2.65. The lowest BCUT2D eigenvalue weighted by Crippen LogP contribution is -2.31. The molecule has 0 saturated heterocycles. The van der Waals surface area contributed by atoms with Crippen molar-refractivity contribution in [1.82, 2.24) is 0 Å². The van der Waals surface area contributed by atoms with Gasteiger partial charge in [-0.15, -0.1) is 0 Å². The highest BCUT2D eigenvalue weighted by atomic mass is 15.2. The average Bonchev–Trinajstić information content (AvgIpc) is 0.706. The van der Waals surface area contributed by atoms with Gasteiger partial charge in [0.05, 0.1) is 60.2 Å². The molecule has 0 spiro atoms. The fraction of sp³-hybridized carbons (Fsp3) is 0.133. The van der Waals surface area contributed by atoms with Crippen molar-refractivity contribution in [2.75, 3.05) is 15.5 Å². The Kier molecular flexibility index (Phi) is 9.22. The highest BCUT2D eigenvalue weighted by molar-refractivity contribution is 6.07. The molecule has 2 aliphatic heterocycles. The topological polar surface area (TPSA) is 32.5 Å². The van der Waals surface area contributed by atoms with Crippen molar-refractivity contribution in [3.63, 3.8) is 0 Å². The minimum absolute atomic E-state index is 0.0232. The van der Waals surface area contributed by atoms with Crippen molar-refractivity contribution >= 4 is 39.8 Å². The molecule has 1 unspecified atom stereocenters. The van der Waals surface area contributed by atoms with Crippen molar-refractivity contribution in [2.24, 2.45) is 0 Å². The fourth-order valence-corrected chi connectivity index (χ4v) is 14.9. The maximum Gasteiger partial charge on any atom is 0.0629 e. The molecule has 2 aliphatic carbocycles. The molecule has 0 amide bonds. The molecule has 2 N–H and O–H groups in total. The first-order chi connectivity index (χ1) is 53.2. The van der Waals surface area contributed by atoms with E-state index in [2.05, 4.69) is 66.7 Å². The number of nitrogen functional groups attached to an aromatic ring is 1. The molecular weight excluding hydrogens is 1120 g/mol. The molecule has 0 radical (unpaired) electrons. The van der Waals surface area contributed by atoms with Gasteiger partial charge in [-0.3, -0.25) is 0 Å². The smallest absolute Gasteiger partial charge is 0.0629 e. The van der Waals surface area contributed by atoms with E-state index in [4.69, 9.17) is 9.85 Å². The summed E-state index contributed by atoms with van der Waals surface area (Å²) in [6.07, 6.45) is 1.24. The van der Waals surface area contributed by atoms with Gasteiger partial charge in [0.1, 0.15) is 0 Å². The molecule has 93 heavy (non-hydrogen) atoms. The Morgan fingerprint density at radius 2 is 0.806 bits per heavy atom. The molecule has 3 heteroatoms. The fourth-order valence-electron chi connectivity index (χ4n) is 14.9. The van der Waals surface area contributed by atoms with Crippen molar-refractivity contribution in [1.29, 1.82) is 0 Å². The molecule has 13 aromatic rings. The van der Waals surface area contributed by atoms with Gasteiger partial charge < -0.3 is 15.5 Å². The van der Waals surface area contributed by atoms with Crippen LogP contribution in [-0.2, 0) is 23.7 Å². The van der Waals surface area contributed by atoms with Gasteiger partial charge in [-0.05, 0) is 190 Å². The second-order valence-corrected chi connectivity index (χ2v) is 26.7. The Hall–Kier alpha value is -10.7. The van der Waals surface area contributed by atoms with E-state index in [-0.39, 0.29) is 73.7 Å². The summed E-state index contributed by atoms with van der Waals surface area (Å²) in [5, 5.41) is 0. The molecule has 448 valence electrons. The molecule has 0 bridgehead atoms. The van der Waals surface area contributed by atoms with Gasteiger partial charge in [-0.2, -0.15) is 0 Å². The average molecular weight is 1220 g/mol. The van der Waals surface area contributed by atoms with Crippen LogP contribution in [0.15, 0.2) is 285 Å². The van der Waals surface area contributed by atoms with Gasteiger partial charge in [0, 0.05) is 45.3 Å². The Bertz CT molecular complexity index is 6100. The Morgan fingerprint density at radius 3 is 1.34 bits per heavy atom. The number of nitrogens with two attached hydrogens (primary N) is 1. The first-order valence-corrected chi connectivity index (χ1v) is 31.5. The zero-order valence-corrected chi connectivity index (χ0v) is 52.2. The van der Waals surface area contributed by atoms with E-state index < -0.39 is 125 Å². The van der Waals surface area contributed by atoms with Gasteiger partial charge in [-0.1, -0.05) is 266 Å². The van der Waals surface area contributed by atoms with Gasteiger partial charge in [-0.25, -0.2) is 0 Å².